The number of hydrogen-bond acceptors (Lipinski definition) is 5. The Morgan fingerprint density at radius 2 is 1.34 bits per heavy atom. The molecule has 0 saturated heterocycles. The molecule has 8 heteroatoms. The van der Waals surface area contributed by atoms with Crippen molar-refractivity contribution < 1.29 is 39.2 Å². The lowest BCUT2D eigenvalue weighted by atomic mass is 9.68. The summed E-state index contributed by atoms with van der Waals surface area (Å²) < 4.78 is 5.05. The van der Waals surface area contributed by atoms with E-state index in [0.717, 1.165) is 69.6 Å². The van der Waals surface area contributed by atoms with Gasteiger partial charge in [0, 0.05) is 23.8 Å². The van der Waals surface area contributed by atoms with Crippen molar-refractivity contribution in [1.82, 2.24) is 0 Å². The number of carboxylic acids is 3. The molecule has 0 atom stereocenters. The second kappa shape index (κ2) is 13.0. The van der Waals surface area contributed by atoms with Crippen LogP contribution in [0.15, 0.2) is 23.8 Å². The monoisotopic (exact) mass is 452 g/mol. The third kappa shape index (κ3) is 10.6. The first-order chi connectivity index (χ1) is 14.9. The summed E-state index contributed by atoms with van der Waals surface area (Å²) in [5.74, 6) is -3.49. The zero-order valence-corrected chi connectivity index (χ0v) is 19.2. The maximum atomic E-state index is 11.1. The Bertz CT molecular complexity index is 715. The molecule has 2 fully saturated rings. The number of aliphatic carboxylic acids is 3. The van der Waals surface area contributed by atoms with Crippen LogP contribution in [-0.2, 0) is 23.9 Å². The van der Waals surface area contributed by atoms with E-state index >= 15 is 0 Å². The number of carbonyl (C=O) groups excluding carboxylic acids is 1. The summed E-state index contributed by atoms with van der Waals surface area (Å²) >= 11 is 0. The summed E-state index contributed by atoms with van der Waals surface area (Å²) in [5.41, 5.74) is 0.292. The first-order valence-electron chi connectivity index (χ1n) is 11.2. The number of carbonyl (C=O) groups is 4. The lowest BCUT2D eigenvalue weighted by Crippen LogP contribution is -2.28. The summed E-state index contributed by atoms with van der Waals surface area (Å²) in [7, 11) is 0. The molecular weight excluding hydrogens is 416 g/mol. The Labute approximate surface area is 189 Å². The molecule has 2 saturated carbocycles. The van der Waals surface area contributed by atoms with Crippen molar-refractivity contribution in [2.24, 2.45) is 17.3 Å². The van der Waals surface area contributed by atoms with Gasteiger partial charge in [-0.05, 0) is 68.6 Å². The minimum atomic E-state index is -1.18. The standard InChI is InChI=1S/C14H22O4.C10H14O4/c1-14(2,3)10-6-4-9(5-7-10)11(13(17)18)8-12(15)16;11-9(12)6-7-10(13)14-8-4-2-1-3-5-8/h8-10H,4-7H2,1-3H3,(H,15,16)(H,17,18);6-8H,1-5H2,(H,11,12)/b11-8+;7-6+. The van der Waals surface area contributed by atoms with Gasteiger partial charge >= 0.3 is 23.9 Å². The Morgan fingerprint density at radius 3 is 1.78 bits per heavy atom. The molecule has 0 heterocycles. The van der Waals surface area contributed by atoms with Gasteiger partial charge in [0.2, 0.25) is 0 Å². The second-order valence-corrected chi connectivity index (χ2v) is 9.53. The van der Waals surface area contributed by atoms with E-state index in [1.807, 2.05) is 0 Å². The first kappa shape index (κ1) is 27.4. The summed E-state index contributed by atoms with van der Waals surface area (Å²) in [6.45, 7) is 6.59. The van der Waals surface area contributed by atoms with Crippen molar-refractivity contribution in [3.05, 3.63) is 23.8 Å². The number of esters is 1. The zero-order valence-electron chi connectivity index (χ0n) is 19.2. The lowest BCUT2D eigenvalue weighted by molar-refractivity contribution is -0.145. The SMILES string of the molecule is CC(C)(C)C1CCC(/C(=C\C(=O)O)C(=O)O)CC1.O=C(O)/C=C/C(=O)OC1CCCCC1. The lowest BCUT2D eigenvalue weighted by Gasteiger charge is -2.37. The molecule has 2 rings (SSSR count). The molecule has 32 heavy (non-hydrogen) atoms. The van der Waals surface area contributed by atoms with E-state index in [9.17, 15) is 19.2 Å². The Kier molecular flexibility index (Phi) is 11.2. The average Bonchev–Trinajstić information content (AvgIpc) is 2.71. The quantitative estimate of drug-likeness (QED) is 0.397. The van der Waals surface area contributed by atoms with Crippen molar-refractivity contribution in [3.8, 4) is 0 Å². The van der Waals surface area contributed by atoms with Crippen LogP contribution >= 0.6 is 0 Å². The fraction of sp³-hybridized carbons (Fsp3) is 0.667. The number of ether oxygens (including phenoxy) is 1. The highest BCUT2D eigenvalue weighted by Gasteiger charge is 2.32. The molecule has 0 bridgehead atoms. The van der Waals surface area contributed by atoms with E-state index in [1.165, 1.54) is 6.42 Å². The van der Waals surface area contributed by atoms with Gasteiger partial charge in [-0.25, -0.2) is 19.2 Å². The summed E-state index contributed by atoms with van der Waals surface area (Å²) in [6, 6.07) is 0. The number of carboxylic acid groups (broad SMARTS) is 3. The summed E-state index contributed by atoms with van der Waals surface area (Å²) in [4.78, 5) is 42.9. The van der Waals surface area contributed by atoms with Crippen LogP contribution in [0.3, 0.4) is 0 Å². The van der Waals surface area contributed by atoms with E-state index in [2.05, 4.69) is 20.8 Å². The Balaban J connectivity index is 0.000000330. The third-order valence-electron chi connectivity index (χ3n) is 6.11. The zero-order chi connectivity index (χ0) is 24.3. The molecule has 0 aromatic carbocycles. The predicted molar refractivity (Wildman–Crippen MR) is 118 cm³/mol. The molecule has 8 nitrogen and oxygen atoms in total. The molecule has 3 N–H and O–H groups in total. The Morgan fingerprint density at radius 1 is 0.781 bits per heavy atom. The highest BCUT2D eigenvalue weighted by atomic mass is 16.5. The topological polar surface area (TPSA) is 138 Å². The van der Waals surface area contributed by atoms with Crippen LogP contribution in [-0.4, -0.2) is 45.3 Å². The van der Waals surface area contributed by atoms with Gasteiger partial charge < -0.3 is 20.1 Å². The van der Waals surface area contributed by atoms with Crippen molar-refractivity contribution >= 4 is 23.9 Å². The minimum Gasteiger partial charge on any atom is -0.478 e. The van der Waals surface area contributed by atoms with Crippen LogP contribution < -0.4 is 0 Å². The van der Waals surface area contributed by atoms with Gasteiger partial charge in [-0.2, -0.15) is 0 Å². The van der Waals surface area contributed by atoms with Crippen molar-refractivity contribution in [1.29, 1.82) is 0 Å². The highest BCUT2D eigenvalue weighted by Crippen LogP contribution is 2.41. The van der Waals surface area contributed by atoms with Crippen LogP contribution in [0, 0.1) is 17.3 Å². The fourth-order valence-corrected chi connectivity index (χ4v) is 4.28. The number of rotatable bonds is 6. The molecule has 0 amide bonds. The van der Waals surface area contributed by atoms with Crippen molar-refractivity contribution in [3.63, 3.8) is 0 Å². The second-order valence-electron chi connectivity index (χ2n) is 9.53. The molecule has 0 aromatic rings. The van der Waals surface area contributed by atoms with E-state index in [4.69, 9.17) is 20.1 Å². The normalized spacial score (nSPS) is 22.5. The molecule has 2 aliphatic rings. The minimum absolute atomic E-state index is 0.0188. The summed E-state index contributed by atoms with van der Waals surface area (Å²) in [5, 5.41) is 26.0. The fourth-order valence-electron chi connectivity index (χ4n) is 4.28. The average molecular weight is 453 g/mol. The Hall–Kier alpha value is -2.64. The van der Waals surface area contributed by atoms with E-state index in [-0.39, 0.29) is 23.0 Å². The third-order valence-corrected chi connectivity index (χ3v) is 6.11. The van der Waals surface area contributed by atoms with E-state index in [1.54, 1.807) is 0 Å². The molecule has 0 radical (unpaired) electrons. The smallest absolute Gasteiger partial charge is 0.332 e. The predicted octanol–water partition coefficient (Wildman–Crippen LogP) is 4.44. The van der Waals surface area contributed by atoms with E-state index in [0.29, 0.717) is 5.92 Å². The maximum absolute atomic E-state index is 11.1. The van der Waals surface area contributed by atoms with Crippen molar-refractivity contribution in [2.45, 2.75) is 84.7 Å². The van der Waals surface area contributed by atoms with Crippen LogP contribution in [0.1, 0.15) is 78.6 Å². The molecule has 0 aliphatic heterocycles. The van der Waals surface area contributed by atoms with Crippen LogP contribution in [0.5, 0.6) is 0 Å². The number of hydrogen-bond donors (Lipinski definition) is 3. The summed E-state index contributed by atoms with van der Waals surface area (Å²) in [6.07, 6.45) is 11.2. The molecule has 0 spiro atoms. The molecular formula is C24H36O8. The van der Waals surface area contributed by atoms with Gasteiger partial charge in [-0.3, -0.25) is 0 Å². The van der Waals surface area contributed by atoms with Gasteiger partial charge in [0.05, 0.1) is 0 Å². The van der Waals surface area contributed by atoms with Gasteiger partial charge in [0.1, 0.15) is 6.10 Å². The van der Waals surface area contributed by atoms with Crippen LogP contribution in [0.2, 0.25) is 0 Å². The molecule has 2 aliphatic carbocycles. The van der Waals surface area contributed by atoms with Gasteiger partial charge in [0.25, 0.3) is 0 Å². The molecule has 0 unspecified atom stereocenters. The van der Waals surface area contributed by atoms with Crippen LogP contribution in [0.4, 0.5) is 0 Å². The van der Waals surface area contributed by atoms with Crippen LogP contribution in [0.25, 0.3) is 0 Å². The van der Waals surface area contributed by atoms with Gasteiger partial charge in [0.15, 0.2) is 0 Å². The maximum Gasteiger partial charge on any atom is 0.332 e. The van der Waals surface area contributed by atoms with E-state index < -0.39 is 23.9 Å². The largest absolute Gasteiger partial charge is 0.478 e. The molecule has 0 aromatic heterocycles. The van der Waals surface area contributed by atoms with Gasteiger partial charge in [-0.1, -0.05) is 27.2 Å². The first-order valence-corrected chi connectivity index (χ1v) is 11.2. The van der Waals surface area contributed by atoms with Crippen molar-refractivity contribution in [2.75, 3.05) is 0 Å². The molecule has 180 valence electrons. The highest BCUT2D eigenvalue weighted by molar-refractivity contribution is 5.95. The van der Waals surface area contributed by atoms with Gasteiger partial charge in [-0.15, -0.1) is 0 Å².